The van der Waals surface area contributed by atoms with Crippen LogP contribution in [0.25, 0.3) is 0 Å². The fraction of sp³-hybridized carbons (Fsp3) is 0.625. The standard InChI is InChI=1S/C16H24N4O/c1-19(2)15-4-3-14(11-18-15)16(21)20-7-5-12-9-17-10-13(12)6-8-20/h3-4,11-13,17H,5-10H2,1-2H3/t12-,13+. The first-order valence-electron chi connectivity index (χ1n) is 7.78. The van der Waals surface area contributed by atoms with Crippen molar-refractivity contribution in [2.75, 3.05) is 45.2 Å². The van der Waals surface area contributed by atoms with Crippen LogP contribution in [0.15, 0.2) is 18.3 Å². The van der Waals surface area contributed by atoms with Crippen molar-refractivity contribution in [2.45, 2.75) is 12.8 Å². The summed E-state index contributed by atoms with van der Waals surface area (Å²) < 4.78 is 0. The predicted molar refractivity (Wildman–Crippen MR) is 83.6 cm³/mol. The van der Waals surface area contributed by atoms with Crippen molar-refractivity contribution in [3.8, 4) is 0 Å². The first-order valence-corrected chi connectivity index (χ1v) is 7.78. The van der Waals surface area contributed by atoms with Gasteiger partial charge in [-0.3, -0.25) is 4.79 Å². The molecule has 1 amide bonds. The molecule has 0 aromatic carbocycles. The third-order valence-electron chi connectivity index (χ3n) is 4.76. The number of nitrogens with one attached hydrogen (secondary N) is 1. The van der Waals surface area contributed by atoms with Crippen molar-refractivity contribution in [2.24, 2.45) is 11.8 Å². The van der Waals surface area contributed by atoms with Crippen LogP contribution >= 0.6 is 0 Å². The Morgan fingerprint density at radius 2 is 1.90 bits per heavy atom. The Balaban J connectivity index is 1.67. The van der Waals surface area contributed by atoms with Crippen LogP contribution in [0.3, 0.4) is 0 Å². The second-order valence-electron chi connectivity index (χ2n) is 6.35. The Kier molecular flexibility index (Phi) is 4.10. The third kappa shape index (κ3) is 3.02. The molecule has 3 heterocycles. The average Bonchev–Trinajstić information content (AvgIpc) is 2.85. The van der Waals surface area contributed by atoms with E-state index in [0.717, 1.165) is 56.7 Å². The number of pyridine rings is 1. The van der Waals surface area contributed by atoms with Crippen LogP contribution in [0.5, 0.6) is 0 Å². The Morgan fingerprint density at radius 3 is 2.43 bits per heavy atom. The highest BCUT2D eigenvalue weighted by Gasteiger charge is 2.31. The van der Waals surface area contributed by atoms with E-state index in [1.54, 1.807) is 6.20 Å². The molecule has 21 heavy (non-hydrogen) atoms. The molecule has 2 aliphatic heterocycles. The van der Waals surface area contributed by atoms with Gasteiger partial charge < -0.3 is 15.1 Å². The second kappa shape index (κ2) is 6.02. The van der Waals surface area contributed by atoms with E-state index in [-0.39, 0.29) is 5.91 Å². The molecule has 0 spiro atoms. The highest BCUT2D eigenvalue weighted by Crippen LogP contribution is 2.27. The minimum atomic E-state index is 0.126. The van der Waals surface area contributed by atoms with Gasteiger partial charge in [0.15, 0.2) is 0 Å². The zero-order valence-electron chi connectivity index (χ0n) is 12.9. The van der Waals surface area contributed by atoms with Crippen molar-refractivity contribution >= 4 is 11.7 Å². The van der Waals surface area contributed by atoms with Crippen LogP contribution in [-0.4, -0.2) is 56.1 Å². The van der Waals surface area contributed by atoms with Crippen molar-refractivity contribution < 1.29 is 4.79 Å². The summed E-state index contributed by atoms with van der Waals surface area (Å²) in [5.74, 6) is 2.50. The quantitative estimate of drug-likeness (QED) is 0.889. The van der Waals surface area contributed by atoms with Crippen molar-refractivity contribution in [3.63, 3.8) is 0 Å². The Labute approximate surface area is 126 Å². The number of nitrogens with zero attached hydrogens (tertiary/aromatic N) is 3. The van der Waals surface area contributed by atoms with Gasteiger partial charge >= 0.3 is 0 Å². The zero-order chi connectivity index (χ0) is 14.8. The molecule has 5 heteroatoms. The van der Waals surface area contributed by atoms with E-state index < -0.39 is 0 Å². The van der Waals surface area contributed by atoms with Crippen LogP contribution in [0.1, 0.15) is 23.2 Å². The number of anilines is 1. The van der Waals surface area contributed by atoms with E-state index in [9.17, 15) is 4.79 Å². The largest absolute Gasteiger partial charge is 0.363 e. The summed E-state index contributed by atoms with van der Waals surface area (Å²) in [6, 6.07) is 3.79. The number of hydrogen-bond acceptors (Lipinski definition) is 4. The molecule has 114 valence electrons. The lowest BCUT2D eigenvalue weighted by atomic mass is 9.92. The van der Waals surface area contributed by atoms with Crippen molar-refractivity contribution in [1.29, 1.82) is 0 Å². The van der Waals surface area contributed by atoms with Crippen LogP contribution in [0.2, 0.25) is 0 Å². The monoisotopic (exact) mass is 288 g/mol. The van der Waals surface area contributed by atoms with Crippen LogP contribution in [0.4, 0.5) is 5.82 Å². The van der Waals surface area contributed by atoms with E-state index in [0.29, 0.717) is 5.56 Å². The molecular formula is C16H24N4O. The van der Waals surface area contributed by atoms with E-state index >= 15 is 0 Å². The minimum Gasteiger partial charge on any atom is -0.363 e. The summed E-state index contributed by atoms with van der Waals surface area (Å²) in [5.41, 5.74) is 0.700. The van der Waals surface area contributed by atoms with Gasteiger partial charge in [-0.25, -0.2) is 4.98 Å². The smallest absolute Gasteiger partial charge is 0.255 e. The molecule has 5 nitrogen and oxygen atoms in total. The maximum atomic E-state index is 12.6. The van der Waals surface area contributed by atoms with Gasteiger partial charge in [0.05, 0.1) is 5.56 Å². The normalized spacial score (nSPS) is 25.3. The van der Waals surface area contributed by atoms with E-state index in [4.69, 9.17) is 0 Å². The summed E-state index contributed by atoms with van der Waals surface area (Å²) >= 11 is 0. The van der Waals surface area contributed by atoms with Gasteiger partial charge in [0, 0.05) is 33.4 Å². The maximum Gasteiger partial charge on any atom is 0.255 e. The van der Waals surface area contributed by atoms with Gasteiger partial charge in [-0.2, -0.15) is 0 Å². The first-order chi connectivity index (χ1) is 10.1. The fourth-order valence-electron chi connectivity index (χ4n) is 3.38. The van der Waals surface area contributed by atoms with E-state index in [1.807, 2.05) is 36.0 Å². The molecule has 0 radical (unpaired) electrons. The van der Waals surface area contributed by atoms with Gasteiger partial charge in [0.2, 0.25) is 0 Å². The van der Waals surface area contributed by atoms with Crippen LogP contribution in [-0.2, 0) is 0 Å². The lowest BCUT2D eigenvalue weighted by Crippen LogP contribution is -2.32. The lowest BCUT2D eigenvalue weighted by molar-refractivity contribution is 0.0758. The molecule has 1 N–H and O–H groups in total. The number of amides is 1. The summed E-state index contributed by atoms with van der Waals surface area (Å²) in [6.45, 7) is 3.98. The maximum absolute atomic E-state index is 12.6. The topological polar surface area (TPSA) is 48.5 Å². The van der Waals surface area contributed by atoms with E-state index in [1.165, 1.54) is 0 Å². The predicted octanol–water partition coefficient (Wildman–Crippen LogP) is 1.22. The summed E-state index contributed by atoms with van der Waals surface area (Å²) in [4.78, 5) is 20.9. The molecule has 1 aromatic rings. The zero-order valence-corrected chi connectivity index (χ0v) is 12.9. The number of carbonyl (C=O) groups excluding carboxylic acids is 1. The van der Waals surface area contributed by atoms with Crippen molar-refractivity contribution in [1.82, 2.24) is 15.2 Å². The molecule has 0 unspecified atom stereocenters. The fourth-order valence-corrected chi connectivity index (χ4v) is 3.38. The van der Waals surface area contributed by atoms with Gasteiger partial charge in [0.25, 0.3) is 5.91 Å². The number of rotatable bonds is 2. The Bertz CT molecular complexity index is 486. The molecule has 1 aromatic heterocycles. The molecule has 0 saturated carbocycles. The number of fused-ring (bicyclic) bond motifs is 1. The first kappa shape index (κ1) is 14.3. The van der Waals surface area contributed by atoms with Crippen molar-refractivity contribution in [3.05, 3.63) is 23.9 Å². The molecule has 2 saturated heterocycles. The number of likely N-dealkylation sites (tertiary alicyclic amines) is 1. The SMILES string of the molecule is CN(C)c1ccc(C(=O)N2CC[C@@H]3CNC[C@@H]3CC2)cn1. The third-order valence-corrected chi connectivity index (χ3v) is 4.76. The summed E-state index contributed by atoms with van der Waals surface area (Å²) in [5, 5.41) is 3.47. The molecular weight excluding hydrogens is 264 g/mol. The van der Waals surface area contributed by atoms with Gasteiger partial charge in [0.1, 0.15) is 5.82 Å². The van der Waals surface area contributed by atoms with Crippen LogP contribution < -0.4 is 10.2 Å². The van der Waals surface area contributed by atoms with Gasteiger partial charge in [-0.1, -0.05) is 0 Å². The minimum absolute atomic E-state index is 0.126. The number of hydrogen-bond donors (Lipinski definition) is 1. The van der Waals surface area contributed by atoms with Gasteiger partial charge in [-0.05, 0) is 49.9 Å². The molecule has 2 aliphatic rings. The highest BCUT2D eigenvalue weighted by atomic mass is 16.2. The molecule has 3 rings (SSSR count). The second-order valence-corrected chi connectivity index (χ2v) is 6.35. The molecule has 2 atom stereocenters. The lowest BCUT2D eigenvalue weighted by Gasteiger charge is -2.21. The molecule has 0 bridgehead atoms. The van der Waals surface area contributed by atoms with Gasteiger partial charge in [-0.15, -0.1) is 0 Å². The molecule has 0 aliphatic carbocycles. The Morgan fingerprint density at radius 1 is 1.24 bits per heavy atom. The summed E-state index contributed by atoms with van der Waals surface area (Å²) in [6.07, 6.45) is 3.93. The average molecular weight is 288 g/mol. The van der Waals surface area contributed by atoms with E-state index in [2.05, 4.69) is 10.3 Å². The van der Waals surface area contributed by atoms with Crippen LogP contribution in [0, 0.1) is 11.8 Å². The Hall–Kier alpha value is -1.62. The number of aromatic nitrogens is 1. The highest BCUT2D eigenvalue weighted by molar-refractivity contribution is 5.94. The number of carbonyl (C=O) groups is 1. The molecule has 2 fully saturated rings. The summed E-state index contributed by atoms with van der Waals surface area (Å²) in [7, 11) is 3.90.